The molecule has 0 aliphatic heterocycles. The third kappa shape index (κ3) is 2.55. The van der Waals surface area contributed by atoms with Crippen molar-refractivity contribution in [2.24, 2.45) is 0 Å². The molecule has 3 nitrogen and oxygen atoms in total. The molecule has 0 saturated heterocycles. The quantitative estimate of drug-likeness (QED) is 0.741. The SMILES string of the molecule is COC(=O)C(c1ccc(C)cc1)c1cc2ccccc2[nH]1. The minimum absolute atomic E-state index is 0.259. The normalized spacial score (nSPS) is 12.3. The van der Waals surface area contributed by atoms with Gasteiger partial charge in [-0.05, 0) is 30.0 Å². The molecule has 0 spiro atoms. The lowest BCUT2D eigenvalue weighted by molar-refractivity contribution is -0.141. The van der Waals surface area contributed by atoms with E-state index in [-0.39, 0.29) is 5.97 Å². The second kappa shape index (κ2) is 5.44. The Morgan fingerprint density at radius 2 is 1.81 bits per heavy atom. The van der Waals surface area contributed by atoms with E-state index in [1.807, 2.05) is 61.5 Å². The van der Waals surface area contributed by atoms with Crippen molar-refractivity contribution in [2.75, 3.05) is 7.11 Å². The summed E-state index contributed by atoms with van der Waals surface area (Å²) < 4.78 is 4.99. The van der Waals surface area contributed by atoms with Crippen molar-refractivity contribution in [2.45, 2.75) is 12.8 Å². The first-order valence-corrected chi connectivity index (χ1v) is 6.91. The maximum atomic E-state index is 12.2. The fourth-order valence-corrected chi connectivity index (χ4v) is 2.57. The number of para-hydroxylation sites is 1. The average molecular weight is 279 g/mol. The van der Waals surface area contributed by atoms with Crippen LogP contribution in [0.3, 0.4) is 0 Å². The molecule has 0 aliphatic rings. The van der Waals surface area contributed by atoms with Crippen molar-refractivity contribution < 1.29 is 9.53 Å². The maximum Gasteiger partial charge on any atom is 0.319 e. The van der Waals surface area contributed by atoms with Crippen LogP contribution in [-0.4, -0.2) is 18.1 Å². The first kappa shape index (κ1) is 13.4. The zero-order valence-electron chi connectivity index (χ0n) is 12.1. The number of rotatable bonds is 3. The number of aromatic amines is 1. The molecule has 3 heteroatoms. The van der Waals surface area contributed by atoms with Gasteiger partial charge in [0.05, 0.1) is 7.11 Å². The standard InChI is InChI=1S/C18H17NO2/c1-12-7-9-13(10-8-12)17(18(20)21-2)16-11-14-5-3-4-6-15(14)19-16/h3-11,17,19H,1-2H3. The number of H-pyrrole nitrogens is 1. The Morgan fingerprint density at radius 3 is 2.48 bits per heavy atom. The van der Waals surface area contributed by atoms with Gasteiger partial charge in [-0.2, -0.15) is 0 Å². The summed E-state index contributed by atoms with van der Waals surface area (Å²) in [6.07, 6.45) is 0. The Bertz CT molecular complexity index is 738. The van der Waals surface area contributed by atoms with Gasteiger partial charge in [-0.1, -0.05) is 48.0 Å². The zero-order chi connectivity index (χ0) is 14.8. The molecule has 1 atom stereocenters. The summed E-state index contributed by atoms with van der Waals surface area (Å²) in [4.78, 5) is 15.6. The van der Waals surface area contributed by atoms with Crippen LogP contribution >= 0.6 is 0 Å². The largest absolute Gasteiger partial charge is 0.468 e. The highest BCUT2D eigenvalue weighted by molar-refractivity contribution is 5.86. The predicted molar refractivity (Wildman–Crippen MR) is 83.3 cm³/mol. The van der Waals surface area contributed by atoms with E-state index in [0.717, 1.165) is 22.2 Å². The van der Waals surface area contributed by atoms with Crippen LogP contribution in [0.2, 0.25) is 0 Å². The summed E-state index contributed by atoms with van der Waals surface area (Å²) in [6.45, 7) is 2.03. The van der Waals surface area contributed by atoms with Crippen LogP contribution in [0.5, 0.6) is 0 Å². The molecule has 0 amide bonds. The van der Waals surface area contributed by atoms with E-state index in [2.05, 4.69) is 4.98 Å². The molecule has 0 saturated carbocycles. The number of hydrogen-bond acceptors (Lipinski definition) is 2. The number of hydrogen-bond donors (Lipinski definition) is 1. The molecule has 0 bridgehead atoms. The molecular weight excluding hydrogens is 262 g/mol. The highest BCUT2D eigenvalue weighted by Gasteiger charge is 2.25. The fraction of sp³-hybridized carbons (Fsp3) is 0.167. The first-order valence-electron chi connectivity index (χ1n) is 6.91. The molecule has 0 radical (unpaired) electrons. The van der Waals surface area contributed by atoms with Gasteiger partial charge >= 0.3 is 5.97 Å². The fourth-order valence-electron chi connectivity index (χ4n) is 2.57. The van der Waals surface area contributed by atoms with Crippen LogP contribution in [0.15, 0.2) is 54.6 Å². The van der Waals surface area contributed by atoms with Crippen LogP contribution in [0, 0.1) is 6.92 Å². The molecular formula is C18H17NO2. The highest BCUT2D eigenvalue weighted by atomic mass is 16.5. The number of ether oxygens (including phenoxy) is 1. The lowest BCUT2D eigenvalue weighted by Gasteiger charge is -2.14. The van der Waals surface area contributed by atoms with E-state index < -0.39 is 5.92 Å². The molecule has 0 fully saturated rings. The van der Waals surface area contributed by atoms with Crippen LogP contribution in [-0.2, 0) is 9.53 Å². The van der Waals surface area contributed by atoms with Gasteiger partial charge in [0.25, 0.3) is 0 Å². The van der Waals surface area contributed by atoms with E-state index >= 15 is 0 Å². The van der Waals surface area contributed by atoms with Crippen molar-refractivity contribution in [3.8, 4) is 0 Å². The molecule has 1 N–H and O–H groups in total. The molecule has 106 valence electrons. The van der Waals surface area contributed by atoms with E-state index in [9.17, 15) is 4.79 Å². The third-order valence-electron chi connectivity index (χ3n) is 3.71. The van der Waals surface area contributed by atoms with E-state index in [0.29, 0.717) is 0 Å². The molecule has 1 unspecified atom stereocenters. The molecule has 1 heterocycles. The monoisotopic (exact) mass is 279 g/mol. The lowest BCUT2D eigenvalue weighted by atomic mass is 9.95. The van der Waals surface area contributed by atoms with Gasteiger partial charge in [-0.3, -0.25) is 4.79 Å². The molecule has 3 rings (SSSR count). The summed E-state index contributed by atoms with van der Waals surface area (Å²) in [5.41, 5.74) is 3.97. The molecule has 21 heavy (non-hydrogen) atoms. The number of methoxy groups -OCH3 is 1. The zero-order valence-corrected chi connectivity index (χ0v) is 12.1. The topological polar surface area (TPSA) is 42.1 Å². The second-order valence-corrected chi connectivity index (χ2v) is 5.18. The van der Waals surface area contributed by atoms with Gasteiger partial charge in [0.15, 0.2) is 0 Å². The third-order valence-corrected chi connectivity index (χ3v) is 3.71. The van der Waals surface area contributed by atoms with Crippen molar-refractivity contribution in [1.82, 2.24) is 4.98 Å². The molecule has 2 aromatic carbocycles. The Morgan fingerprint density at radius 1 is 1.10 bits per heavy atom. The Hall–Kier alpha value is -2.55. The Labute approximate surface area is 123 Å². The van der Waals surface area contributed by atoms with Crippen molar-refractivity contribution in [1.29, 1.82) is 0 Å². The summed E-state index contributed by atoms with van der Waals surface area (Å²) in [5.74, 6) is -0.687. The van der Waals surface area contributed by atoms with Crippen LogP contribution in [0.1, 0.15) is 22.7 Å². The number of benzene rings is 2. The lowest BCUT2D eigenvalue weighted by Crippen LogP contribution is -2.16. The number of esters is 1. The van der Waals surface area contributed by atoms with Gasteiger partial charge in [-0.25, -0.2) is 0 Å². The highest BCUT2D eigenvalue weighted by Crippen LogP contribution is 2.28. The summed E-state index contributed by atoms with van der Waals surface area (Å²) in [5, 5.41) is 1.09. The van der Waals surface area contributed by atoms with Crippen molar-refractivity contribution >= 4 is 16.9 Å². The minimum Gasteiger partial charge on any atom is -0.468 e. The predicted octanol–water partition coefficient (Wildman–Crippen LogP) is 3.78. The van der Waals surface area contributed by atoms with E-state index in [4.69, 9.17) is 4.74 Å². The summed E-state index contributed by atoms with van der Waals surface area (Å²) in [6, 6.07) is 18.0. The molecule has 1 aromatic heterocycles. The molecule has 3 aromatic rings. The minimum atomic E-state index is -0.428. The van der Waals surface area contributed by atoms with Gasteiger partial charge in [-0.15, -0.1) is 0 Å². The van der Waals surface area contributed by atoms with E-state index in [1.54, 1.807) is 0 Å². The van der Waals surface area contributed by atoms with Crippen molar-refractivity contribution in [3.05, 3.63) is 71.4 Å². The molecule has 0 aliphatic carbocycles. The van der Waals surface area contributed by atoms with Crippen LogP contribution < -0.4 is 0 Å². The number of fused-ring (bicyclic) bond motifs is 1. The van der Waals surface area contributed by atoms with Crippen LogP contribution in [0.25, 0.3) is 10.9 Å². The van der Waals surface area contributed by atoms with Gasteiger partial charge in [0.1, 0.15) is 5.92 Å². The Kier molecular flexibility index (Phi) is 3.48. The number of aryl methyl sites for hydroxylation is 1. The summed E-state index contributed by atoms with van der Waals surface area (Å²) >= 11 is 0. The van der Waals surface area contributed by atoms with Gasteiger partial charge in [0.2, 0.25) is 0 Å². The van der Waals surface area contributed by atoms with E-state index in [1.165, 1.54) is 12.7 Å². The number of carbonyl (C=O) groups is 1. The number of nitrogens with one attached hydrogen (secondary N) is 1. The first-order chi connectivity index (χ1) is 10.2. The Balaban J connectivity index is 2.10. The number of aromatic nitrogens is 1. The van der Waals surface area contributed by atoms with Crippen molar-refractivity contribution in [3.63, 3.8) is 0 Å². The van der Waals surface area contributed by atoms with Crippen LogP contribution in [0.4, 0.5) is 0 Å². The van der Waals surface area contributed by atoms with Gasteiger partial charge in [0, 0.05) is 11.2 Å². The number of carbonyl (C=O) groups excluding carboxylic acids is 1. The summed E-state index contributed by atoms with van der Waals surface area (Å²) in [7, 11) is 1.42. The maximum absolute atomic E-state index is 12.2. The second-order valence-electron chi connectivity index (χ2n) is 5.18. The van der Waals surface area contributed by atoms with Gasteiger partial charge < -0.3 is 9.72 Å². The smallest absolute Gasteiger partial charge is 0.319 e. The average Bonchev–Trinajstić information content (AvgIpc) is 2.92.